The molecule has 2 heteroatoms. The van der Waals surface area contributed by atoms with E-state index in [1.165, 1.54) is 38.4 Å². The van der Waals surface area contributed by atoms with Gasteiger partial charge in [-0.3, -0.25) is 0 Å². The zero-order chi connectivity index (χ0) is 11.7. The SMILES string of the molecule is C=COCCCC1(CC)CCCCCCO1. The lowest BCUT2D eigenvalue weighted by molar-refractivity contribution is -0.0717. The van der Waals surface area contributed by atoms with E-state index in [9.17, 15) is 0 Å². The minimum absolute atomic E-state index is 0.130. The molecule has 0 aromatic rings. The fourth-order valence-electron chi connectivity index (χ4n) is 2.48. The molecule has 1 rings (SSSR count). The third kappa shape index (κ3) is 4.56. The zero-order valence-electron chi connectivity index (χ0n) is 10.7. The van der Waals surface area contributed by atoms with Gasteiger partial charge in [0.05, 0.1) is 18.5 Å². The van der Waals surface area contributed by atoms with Crippen molar-refractivity contribution in [3.8, 4) is 0 Å². The van der Waals surface area contributed by atoms with E-state index in [4.69, 9.17) is 9.47 Å². The molecule has 0 aliphatic carbocycles. The predicted molar refractivity (Wildman–Crippen MR) is 67.4 cm³/mol. The molecule has 1 atom stereocenters. The molecule has 0 spiro atoms. The second-order valence-corrected chi connectivity index (χ2v) is 4.69. The maximum Gasteiger partial charge on any atom is 0.0874 e. The summed E-state index contributed by atoms with van der Waals surface area (Å²) in [6, 6.07) is 0. The van der Waals surface area contributed by atoms with Crippen LogP contribution in [0.4, 0.5) is 0 Å². The normalized spacial score (nSPS) is 26.8. The van der Waals surface area contributed by atoms with Crippen LogP contribution < -0.4 is 0 Å². The topological polar surface area (TPSA) is 18.5 Å². The molecule has 0 bridgehead atoms. The highest BCUT2D eigenvalue weighted by Crippen LogP contribution is 2.31. The van der Waals surface area contributed by atoms with Gasteiger partial charge in [0, 0.05) is 6.61 Å². The van der Waals surface area contributed by atoms with Crippen LogP contribution in [0.5, 0.6) is 0 Å². The molecular formula is C14H26O2. The van der Waals surface area contributed by atoms with E-state index in [1.807, 2.05) is 0 Å². The molecular weight excluding hydrogens is 200 g/mol. The van der Waals surface area contributed by atoms with Crippen molar-refractivity contribution in [2.75, 3.05) is 13.2 Å². The smallest absolute Gasteiger partial charge is 0.0874 e. The van der Waals surface area contributed by atoms with Crippen LogP contribution in [0.1, 0.15) is 58.3 Å². The van der Waals surface area contributed by atoms with Gasteiger partial charge in [-0.1, -0.05) is 32.8 Å². The lowest BCUT2D eigenvalue weighted by Crippen LogP contribution is -2.33. The van der Waals surface area contributed by atoms with Gasteiger partial charge in [0.15, 0.2) is 0 Å². The quantitative estimate of drug-likeness (QED) is 0.502. The maximum absolute atomic E-state index is 6.12. The van der Waals surface area contributed by atoms with Crippen LogP contribution in [0.3, 0.4) is 0 Å². The fourth-order valence-corrected chi connectivity index (χ4v) is 2.48. The number of hydrogen-bond donors (Lipinski definition) is 0. The summed E-state index contributed by atoms with van der Waals surface area (Å²) in [4.78, 5) is 0. The van der Waals surface area contributed by atoms with E-state index in [2.05, 4.69) is 13.5 Å². The first kappa shape index (κ1) is 13.6. The van der Waals surface area contributed by atoms with Crippen LogP contribution in [0.25, 0.3) is 0 Å². The molecule has 0 saturated carbocycles. The molecule has 1 unspecified atom stereocenters. The summed E-state index contributed by atoms with van der Waals surface area (Å²) in [7, 11) is 0. The minimum Gasteiger partial charge on any atom is -0.502 e. The summed E-state index contributed by atoms with van der Waals surface area (Å²) in [5, 5.41) is 0. The summed E-state index contributed by atoms with van der Waals surface area (Å²) in [5.41, 5.74) is 0.130. The molecule has 94 valence electrons. The summed E-state index contributed by atoms with van der Waals surface area (Å²) in [6.45, 7) is 7.52. The first-order valence-corrected chi connectivity index (χ1v) is 6.69. The Labute approximate surface area is 100 Å². The van der Waals surface area contributed by atoms with E-state index >= 15 is 0 Å². The van der Waals surface area contributed by atoms with Gasteiger partial charge in [0.25, 0.3) is 0 Å². The number of hydrogen-bond acceptors (Lipinski definition) is 2. The third-order valence-electron chi connectivity index (χ3n) is 3.59. The molecule has 0 N–H and O–H groups in total. The Morgan fingerprint density at radius 1 is 1.31 bits per heavy atom. The van der Waals surface area contributed by atoms with Crippen molar-refractivity contribution >= 4 is 0 Å². The molecule has 1 saturated heterocycles. The van der Waals surface area contributed by atoms with Crippen molar-refractivity contribution < 1.29 is 9.47 Å². The first-order valence-electron chi connectivity index (χ1n) is 6.69. The van der Waals surface area contributed by atoms with E-state index in [0.29, 0.717) is 0 Å². The highest BCUT2D eigenvalue weighted by Gasteiger charge is 2.28. The van der Waals surface area contributed by atoms with Gasteiger partial charge in [-0.15, -0.1) is 0 Å². The lowest BCUT2D eigenvalue weighted by Gasteiger charge is -2.34. The Bertz CT molecular complexity index is 181. The van der Waals surface area contributed by atoms with Crippen LogP contribution in [0.2, 0.25) is 0 Å². The monoisotopic (exact) mass is 226 g/mol. The highest BCUT2D eigenvalue weighted by atomic mass is 16.5. The number of rotatable bonds is 6. The van der Waals surface area contributed by atoms with Crippen molar-refractivity contribution in [1.29, 1.82) is 0 Å². The maximum atomic E-state index is 6.12. The highest BCUT2D eigenvalue weighted by molar-refractivity contribution is 4.80. The molecule has 1 aliphatic rings. The lowest BCUT2D eigenvalue weighted by atomic mass is 9.87. The Morgan fingerprint density at radius 3 is 2.88 bits per heavy atom. The molecule has 1 aliphatic heterocycles. The summed E-state index contributed by atoms with van der Waals surface area (Å²) >= 11 is 0. The molecule has 0 radical (unpaired) electrons. The van der Waals surface area contributed by atoms with Crippen LogP contribution in [-0.4, -0.2) is 18.8 Å². The van der Waals surface area contributed by atoms with Crippen molar-refractivity contribution in [2.45, 2.75) is 63.9 Å². The van der Waals surface area contributed by atoms with Crippen LogP contribution in [0, 0.1) is 0 Å². The molecule has 16 heavy (non-hydrogen) atoms. The Balaban J connectivity index is 2.35. The minimum atomic E-state index is 0.130. The van der Waals surface area contributed by atoms with Crippen molar-refractivity contribution in [3.05, 3.63) is 12.8 Å². The Morgan fingerprint density at radius 2 is 2.12 bits per heavy atom. The fraction of sp³-hybridized carbons (Fsp3) is 0.857. The van der Waals surface area contributed by atoms with Gasteiger partial charge >= 0.3 is 0 Å². The molecule has 2 nitrogen and oxygen atoms in total. The van der Waals surface area contributed by atoms with Gasteiger partial charge in [-0.2, -0.15) is 0 Å². The molecule has 0 aromatic heterocycles. The molecule has 0 amide bonds. The summed E-state index contributed by atoms with van der Waals surface area (Å²) in [6.07, 6.45) is 11.3. The van der Waals surface area contributed by atoms with Crippen molar-refractivity contribution in [3.63, 3.8) is 0 Å². The van der Waals surface area contributed by atoms with Gasteiger partial charge in [0.2, 0.25) is 0 Å². The first-order chi connectivity index (χ1) is 7.83. The van der Waals surface area contributed by atoms with Gasteiger partial charge in [-0.25, -0.2) is 0 Å². The van der Waals surface area contributed by atoms with Crippen molar-refractivity contribution in [2.24, 2.45) is 0 Å². The third-order valence-corrected chi connectivity index (χ3v) is 3.59. The van der Waals surface area contributed by atoms with Crippen LogP contribution in [-0.2, 0) is 9.47 Å². The van der Waals surface area contributed by atoms with Gasteiger partial charge in [-0.05, 0) is 32.1 Å². The van der Waals surface area contributed by atoms with Gasteiger partial charge in [0.1, 0.15) is 0 Å². The average molecular weight is 226 g/mol. The summed E-state index contributed by atoms with van der Waals surface area (Å²) < 4.78 is 11.3. The van der Waals surface area contributed by atoms with Crippen LogP contribution >= 0.6 is 0 Å². The average Bonchev–Trinajstić information content (AvgIpc) is 2.27. The Hall–Kier alpha value is -0.500. The largest absolute Gasteiger partial charge is 0.502 e. The predicted octanol–water partition coefficient (Wildman–Crippen LogP) is 4.06. The van der Waals surface area contributed by atoms with Crippen LogP contribution in [0.15, 0.2) is 12.8 Å². The summed E-state index contributed by atoms with van der Waals surface area (Å²) in [5.74, 6) is 0. The van der Waals surface area contributed by atoms with E-state index in [1.54, 1.807) is 0 Å². The molecule has 0 aromatic carbocycles. The second-order valence-electron chi connectivity index (χ2n) is 4.69. The van der Waals surface area contributed by atoms with Crippen molar-refractivity contribution in [1.82, 2.24) is 0 Å². The Kier molecular flexibility index (Phi) is 6.55. The molecule has 1 heterocycles. The van der Waals surface area contributed by atoms with Gasteiger partial charge < -0.3 is 9.47 Å². The second kappa shape index (κ2) is 7.72. The van der Waals surface area contributed by atoms with E-state index in [0.717, 1.165) is 32.5 Å². The van der Waals surface area contributed by atoms with E-state index < -0.39 is 0 Å². The number of ether oxygens (including phenoxy) is 2. The van der Waals surface area contributed by atoms with E-state index in [-0.39, 0.29) is 5.60 Å². The molecule has 1 fully saturated rings. The zero-order valence-corrected chi connectivity index (χ0v) is 10.7. The standard InChI is InChI=1S/C14H26O2/c1-3-14(11-9-12-15-4-2)10-7-5-6-8-13-16-14/h4H,2-3,5-13H2,1H3.